The number of ether oxygens (including phenoxy) is 1. The number of fused-ring (bicyclic) bond motifs is 5. The summed E-state index contributed by atoms with van der Waals surface area (Å²) in [6.07, 6.45) is 10.4. The van der Waals surface area contributed by atoms with Crippen molar-refractivity contribution in [1.82, 2.24) is 0 Å². The fraction of sp³-hybridized carbons (Fsp3) is 0.833. The van der Waals surface area contributed by atoms with Crippen LogP contribution in [0.15, 0.2) is 12.2 Å². The number of hydrogen-bond acceptors (Lipinski definition) is 4. The Labute approximate surface area is 206 Å². The second-order valence-electron chi connectivity index (χ2n) is 13.2. The Bertz CT molecular complexity index is 858. The maximum absolute atomic E-state index is 13.9. The van der Waals surface area contributed by atoms with E-state index >= 15 is 0 Å². The lowest BCUT2D eigenvalue weighted by molar-refractivity contribution is -0.175. The molecule has 0 heterocycles. The van der Waals surface area contributed by atoms with Gasteiger partial charge in [0.15, 0.2) is 0 Å². The normalized spacial score (nSPS) is 43.9. The minimum atomic E-state index is -0.249. The smallest absolute Gasteiger partial charge is 0.302 e. The van der Waals surface area contributed by atoms with Crippen LogP contribution < -0.4 is 0 Å². The monoisotopic (exact) mass is 470 g/mol. The summed E-state index contributed by atoms with van der Waals surface area (Å²) < 4.78 is 5.52. The molecule has 4 aliphatic rings. The first kappa shape index (κ1) is 25.6. The third-order valence-corrected chi connectivity index (χ3v) is 10.9. The molecule has 0 bridgehead atoms. The fourth-order valence-electron chi connectivity index (χ4n) is 8.65. The molecular formula is C30H46O4. The molecule has 0 aliphatic heterocycles. The summed E-state index contributed by atoms with van der Waals surface area (Å²) in [5.74, 6) is 2.61. The SMILES string of the molecule is CC(=O)OC1CCC2(C)C3C(=O)CC4(C)C(CCC4[C@H](C)/C=C/[C@H](C)C(C)C)C3C(=O)C[C@H]2C1. The van der Waals surface area contributed by atoms with Crippen LogP contribution in [0.5, 0.6) is 0 Å². The zero-order valence-corrected chi connectivity index (χ0v) is 22.4. The van der Waals surface area contributed by atoms with Crippen LogP contribution in [0.2, 0.25) is 0 Å². The topological polar surface area (TPSA) is 60.4 Å². The van der Waals surface area contributed by atoms with Crippen molar-refractivity contribution in [1.29, 1.82) is 0 Å². The summed E-state index contributed by atoms with van der Waals surface area (Å²) in [6, 6.07) is 0. The summed E-state index contributed by atoms with van der Waals surface area (Å²) in [7, 11) is 0. The van der Waals surface area contributed by atoms with Gasteiger partial charge in [0.1, 0.15) is 17.7 Å². The van der Waals surface area contributed by atoms with Crippen molar-refractivity contribution in [3.05, 3.63) is 12.2 Å². The van der Waals surface area contributed by atoms with Gasteiger partial charge in [-0.15, -0.1) is 0 Å². The van der Waals surface area contributed by atoms with Crippen molar-refractivity contribution >= 4 is 17.5 Å². The zero-order valence-electron chi connectivity index (χ0n) is 22.4. The van der Waals surface area contributed by atoms with E-state index in [2.05, 4.69) is 53.7 Å². The Kier molecular flexibility index (Phi) is 6.94. The molecule has 4 rings (SSSR count). The molecule has 4 aliphatic carbocycles. The van der Waals surface area contributed by atoms with Crippen LogP contribution in [0.4, 0.5) is 0 Å². The third kappa shape index (κ3) is 4.22. The molecular weight excluding hydrogens is 424 g/mol. The van der Waals surface area contributed by atoms with Crippen LogP contribution in [0.25, 0.3) is 0 Å². The van der Waals surface area contributed by atoms with Gasteiger partial charge in [0.05, 0.1) is 0 Å². The molecule has 10 atom stereocenters. The molecule has 4 fully saturated rings. The molecule has 0 aromatic rings. The maximum Gasteiger partial charge on any atom is 0.302 e. The van der Waals surface area contributed by atoms with E-state index in [0.29, 0.717) is 54.0 Å². The predicted octanol–water partition coefficient (Wildman–Crippen LogP) is 6.42. The maximum atomic E-state index is 13.9. The van der Waals surface area contributed by atoms with Crippen molar-refractivity contribution in [3.8, 4) is 0 Å². The van der Waals surface area contributed by atoms with E-state index in [1.165, 1.54) is 6.92 Å². The molecule has 4 nitrogen and oxygen atoms in total. The Morgan fingerprint density at radius 1 is 1.00 bits per heavy atom. The average Bonchev–Trinajstić information content (AvgIpc) is 3.08. The molecule has 4 saturated carbocycles. The van der Waals surface area contributed by atoms with Gasteiger partial charge in [-0.25, -0.2) is 0 Å². The molecule has 0 amide bonds. The number of ketones is 2. The van der Waals surface area contributed by atoms with E-state index in [0.717, 1.165) is 32.1 Å². The molecule has 0 N–H and O–H groups in total. The first-order chi connectivity index (χ1) is 15.9. The third-order valence-electron chi connectivity index (χ3n) is 10.9. The van der Waals surface area contributed by atoms with Gasteiger partial charge in [-0.1, -0.05) is 53.7 Å². The van der Waals surface area contributed by atoms with Gasteiger partial charge in [-0.2, -0.15) is 0 Å². The molecule has 0 spiro atoms. The first-order valence-electron chi connectivity index (χ1n) is 13.8. The molecule has 4 heteroatoms. The molecule has 0 saturated heterocycles. The van der Waals surface area contributed by atoms with E-state index in [9.17, 15) is 14.4 Å². The lowest BCUT2D eigenvalue weighted by atomic mass is 9.43. The van der Waals surface area contributed by atoms with Gasteiger partial charge in [0.2, 0.25) is 0 Å². The van der Waals surface area contributed by atoms with Gasteiger partial charge in [-0.05, 0) is 78.4 Å². The Morgan fingerprint density at radius 3 is 2.35 bits per heavy atom. The van der Waals surface area contributed by atoms with Crippen LogP contribution >= 0.6 is 0 Å². The summed E-state index contributed by atoms with van der Waals surface area (Å²) in [5, 5.41) is 0. The summed E-state index contributed by atoms with van der Waals surface area (Å²) >= 11 is 0. The van der Waals surface area contributed by atoms with Crippen molar-refractivity contribution in [2.45, 2.75) is 99.5 Å². The lowest BCUT2D eigenvalue weighted by Crippen LogP contribution is -2.61. The Morgan fingerprint density at radius 2 is 1.71 bits per heavy atom. The second kappa shape index (κ2) is 9.21. The number of carbonyl (C=O) groups excluding carboxylic acids is 3. The highest BCUT2D eigenvalue weighted by Gasteiger charge is 2.66. The second-order valence-corrected chi connectivity index (χ2v) is 13.2. The van der Waals surface area contributed by atoms with Crippen LogP contribution in [-0.4, -0.2) is 23.6 Å². The van der Waals surface area contributed by atoms with Gasteiger partial charge in [0, 0.05) is 31.6 Å². The van der Waals surface area contributed by atoms with E-state index < -0.39 is 0 Å². The summed E-state index contributed by atoms with van der Waals surface area (Å²) in [5.41, 5.74) is -0.235. The van der Waals surface area contributed by atoms with Crippen LogP contribution in [0.1, 0.15) is 93.4 Å². The van der Waals surface area contributed by atoms with Gasteiger partial charge < -0.3 is 4.74 Å². The van der Waals surface area contributed by atoms with Crippen LogP contribution in [-0.2, 0) is 19.1 Å². The number of esters is 1. The van der Waals surface area contributed by atoms with E-state index in [-0.39, 0.29) is 40.7 Å². The standard InChI is InChI=1S/C30H46O4/c1-17(2)18(3)8-9-19(4)23-10-11-24-27-25(32)15-21-14-22(34-20(5)31)12-13-29(21,6)28(27)26(33)16-30(23,24)7/h8-9,17-19,21-24,27-28H,10-16H2,1-7H3/b9-8+/t18-,19+,21+,22?,23?,24?,27?,28?,29?,30?/m0/s1. The Hall–Kier alpha value is -1.45. The summed E-state index contributed by atoms with van der Waals surface area (Å²) in [6.45, 7) is 15.1. The van der Waals surface area contributed by atoms with Crippen LogP contribution in [0.3, 0.4) is 0 Å². The quantitative estimate of drug-likeness (QED) is 0.344. The first-order valence-corrected chi connectivity index (χ1v) is 13.8. The minimum Gasteiger partial charge on any atom is -0.463 e. The number of Topliss-reactive ketones (excluding diaryl/α,β-unsaturated/α-hetero) is 2. The number of carbonyl (C=O) groups is 3. The molecule has 0 aromatic heterocycles. The molecule has 34 heavy (non-hydrogen) atoms. The van der Waals surface area contributed by atoms with Gasteiger partial charge >= 0.3 is 5.97 Å². The number of rotatable bonds is 5. The number of allylic oxidation sites excluding steroid dienone is 2. The molecule has 0 aromatic carbocycles. The molecule has 0 radical (unpaired) electrons. The average molecular weight is 471 g/mol. The van der Waals surface area contributed by atoms with Gasteiger partial charge in [-0.3, -0.25) is 14.4 Å². The number of hydrogen-bond donors (Lipinski definition) is 0. The highest BCUT2D eigenvalue weighted by molar-refractivity contribution is 5.94. The highest BCUT2D eigenvalue weighted by Crippen LogP contribution is 2.66. The minimum absolute atomic E-state index is 0.0864. The molecule has 190 valence electrons. The van der Waals surface area contributed by atoms with Crippen molar-refractivity contribution in [2.24, 2.45) is 58.2 Å². The largest absolute Gasteiger partial charge is 0.463 e. The predicted molar refractivity (Wildman–Crippen MR) is 134 cm³/mol. The van der Waals surface area contributed by atoms with Crippen LogP contribution in [0, 0.1) is 58.2 Å². The Balaban J connectivity index is 1.57. The van der Waals surface area contributed by atoms with E-state index in [4.69, 9.17) is 4.74 Å². The van der Waals surface area contributed by atoms with Crippen molar-refractivity contribution in [2.75, 3.05) is 0 Å². The fourth-order valence-corrected chi connectivity index (χ4v) is 8.65. The van der Waals surface area contributed by atoms with Crippen molar-refractivity contribution < 1.29 is 19.1 Å². The van der Waals surface area contributed by atoms with Crippen molar-refractivity contribution in [3.63, 3.8) is 0 Å². The summed E-state index contributed by atoms with van der Waals surface area (Å²) in [4.78, 5) is 39.1. The molecule has 7 unspecified atom stereocenters. The zero-order chi connectivity index (χ0) is 25.0. The van der Waals surface area contributed by atoms with E-state index in [1.54, 1.807) is 0 Å². The van der Waals surface area contributed by atoms with Gasteiger partial charge in [0.25, 0.3) is 0 Å². The highest BCUT2D eigenvalue weighted by atomic mass is 16.5. The lowest BCUT2D eigenvalue weighted by Gasteiger charge is -2.59. The van der Waals surface area contributed by atoms with E-state index in [1.807, 2.05) is 0 Å².